The topological polar surface area (TPSA) is 226 Å². The number of esters is 2. The van der Waals surface area contributed by atoms with E-state index < -0.39 is 120 Å². The molecule has 17 nitrogen and oxygen atoms in total. The van der Waals surface area contributed by atoms with Crippen molar-refractivity contribution >= 4 is 36.1 Å². The summed E-state index contributed by atoms with van der Waals surface area (Å²) in [6, 6.07) is 32.4. The lowest BCUT2D eigenvalue weighted by molar-refractivity contribution is -0.145. The fourth-order valence-electron chi connectivity index (χ4n) is 7.69. The minimum absolute atomic E-state index is 0.0245. The number of hydrogen-bond donors (Lipinski definition) is 5. The van der Waals surface area contributed by atoms with Gasteiger partial charge in [0.1, 0.15) is 49.3 Å². The number of nitrogens with one attached hydrogen (secondary N) is 4. The molecule has 0 fully saturated rings. The Hall–Kier alpha value is -9.05. The van der Waals surface area contributed by atoms with E-state index in [1.165, 1.54) is 12.1 Å². The first-order valence-electron chi connectivity index (χ1n) is 24.8. The zero-order valence-electron chi connectivity index (χ0n) is 43.7. The predicted molar refractivity (Wildman–Crippen MR) is 278 cm³/mol. The zero-order chi connectivity index (χ0) is 57.9. The van der Waals surface area contributed by atoms with Gasteiger partial charge < -0.3 is 54.8 Å². The second-order valence-electron chi connectivity index (χ2n) is 18.9. The number of amides is 4. The van der Waals surface area contributed by atoms with Gasteiger partial charge in [0.25, 0.3) is 0 Å². The standard InChI is InChI=1S/C58H57F5N4O13/c1-58(2,3)80-57(74)66-42(29-41(68)30-64-55(72)77-32-35-17-10-6-11-18-35)52(69)65-43(53(70)75-4)26-37-21-14-22-38(25-37)39-23-24-45(76-31-34-15-8-5-9-16-34)40(27-39)28-44(67-56(73)78-33-36-19-12-7-13-20-36)54(71)79-51-49(62)47(60)46(59)48(61)50(51)63/h5-25,27,41-44,68H,26,28-33H2,1-4H3,(H,64,72)(H,65,69)(H,66,74)(H,67,73)/t41-,42+,43+,44+/m1/s1. The second-order valence-corrected chi connectivity index (χ2v) is 18.9. The molecule has 0 aromatic heterocycles. The summed E-state index contributed by atoms with van der Waals surface area (Å²) >= 11 is 0. The van der Waals surface area contributed by atoms with Crippen LogP contribution in [0, 0.1) is 29.1 Å². The van der Waals surface area contributed by atoms with Crippen LogP contribution < -0.4 is 30.7 Å². The highest BCUT2D eigenvalue weighted by Crippen LogP contribution is 2.32. The van der Waals surface area contributed by atoms with Gasteiger partial charge in [-0.1, -0.05) is 121 Å². The number of aliphatic hydroxyl groups is 1. The third-order valence-corrected chi connectivity index (χ3v) is 11.6. The minimum atomic E-state index is -2.50. The molecule has 6 rings (SSSR count). The van der Waals surface area contributed by atoms with Gasteiger partial charge in [-0.2, -0.15) is 8.78 Å². The molecule has 0 aliphatic heterocycles. The van der Waals surface area contributed by atoms with Crippen molar-refractivity contribution in [3.63, 3.8) is 0 Å². The molecule has 80 heavy (non-hydrogen) atoms. The second kappa shape index (κ2) is 28.5. The zero-order valence-corrected chi connectivity index (χ0v) is 43.7. The van der Waals surface area contributed by atoms with Crippen LogP contribution in [0.3, 0.4) is 0 Å². The Kier molecular flexibility index (Phi) is 21.5. The summed E-state index contributed by atoms with van der Waals surface area (Å²) in [7, 11) is 1.09. The van der Waals surface area contributed by atoms with Gasteiger partial charge in [-0.3, -0.25) is 4.79 Å². The molecule has 0 radical (unpaired) electrons. The van der Waals surface area contributed by atoms with Gasteiger partial charge in [-0.15, -0.1) is 0 Å². The fraction of sp³-hybridized carbons (Fsp3) is 0.276. The minimum Gasteiger partial charge on any atom is -0.489 e. The lowest BCUT2D eigenvalue weighted by Gasteiger charge is -2.26. The first-order valence-corrected chi connectivity index (χ1v) is 24.8. The maximum atomic E-state index is 14.9. The van der Waals surface area contributed by atoms with E-state index in [0.717, 1.165) is 7.11 Å². The highest BCUT2D eigenvalue weighted by molar-refractivity contribution is 5.90. The molecule has 5 N–H and O–H groups in total. The quantitative estimate of drug-likeness (QED) is 0.0101. The van der Waals surface area contributed by atoms with Crippen molar-refractivity contribution in [1.82, 2.24) is 21.3 Å². The van der Waals surface area contributed by atoms with E-state index in [2.05, 4.69) is 21.3 Å². The summed E-state index contributed by atoms with van der Waals surface area (Å²) in [5.41, 5.74) is 2.43. The number of halogens is 5. The molecule has 22 heteroatoms. The van der Waals surface area contributed by atoms with Crippen molar-refractivity contribution in [2.45, 2.75) is 89.7 Å². The molecule has 0 heterocycles. The average Bonchev–Trinajstić information content (AvgIpc) is 3.48. The van der Waals surface area contributed by atoms with E-state index in [-0.39, 0.29) is 37.6 Å². The normalized spacial score (nSPS) is 12.6. The molecular weight excluding hydrogens is 1060 g/mol. The highest BCUT2D eigenvalue weighted by Gasteiger charge is 2.34. The van der Waals surface area contributed by atoms with E-state index >= 15 is 0 Å². The Balaban J connectivity index is 1.26. The van der Waals surface area contributed by atoms with E-state index in [1.54, 1.807) is 142 Å². The summed E-state index contributed by atoms with van der Waals surface area (Å²) in [6.07, 6.45) is -5.83. The molecule has 0 saturated carbocycles. The van der Waals surface area contributed by atoms with Crippen molar-refractivity contribution in [2.75, 3.05) is 13.7 Å². The summed E-state index contributed by atoms with van der Waals surface area (Å²) < 4.78 is 104. The molecule has 4 amide bonds. The molecule has 0 bridgehead atoms. The van der Waals surface area contributed by atoms with Gasteiger partial charge >= 0.3 is 30.2 Å². The van der Waals surface area contributed by atoms with Crippen molar-refractivity contribution in [1.29, 1.82) is 0 Å². The Bertz CT molecular complexity index is 3090. The SMILES string of the molecule is COC(=O)[C@H](Cc1cccc(-c2ccc(OCc3ccccc3)c(C[C@H](NC(=O)OCc3ccccc3)C(=O)Oc3c(F)c(F)c(F)c(F)c3F)c2)c1)NC(=O)[C@H](C[C@@H](O)CNC(=O)OCc1ccccc1)NC(=O)OC(C)(C)C. The number of carbonyl (C=O) groups is 6. The lowest BCUT2D eigenvalue weighted by Crippen LogP contribution is -2.54. The van der Waals surface area contributed by atoms with E-state index in [9.17, 15) is 55.8 Å². The number of methoxy groups -OCH3 is 1. The average molecular weight is 1110 g/mol. The monoisotopic (exact) mass is 1110 g/mol. The molecule has 0 aliphatic rings. The summed E-state index contributed by atoms with van der Waals surface area (Å²) in [4.78, 5) is 79.9. The molecule has 0 aliphatic carbocycles. The number of hydrogen-bond acceptors (Lipinski definition) is 13. The molecule has 422 valence electrons. The smallest absolute Gasteiger partial charge is 0.408 e. The third kappa shape index (κ3) is 18.0. The Labute approximate surface area is 456 Å². The van der Waals surface area contributed by atoms with Crippen molar-refractivity contribution < 1.29 is 84.2 Å². The van der Waals surface area contributed by atoms with E-state index in [4.69, 9.17) is 28.4 Å². The van der Waals surface area contributed by atoms with Crippen LogP contribution in [0.15, 0.2) is 133 Å². The number of rotatable bonds is 23. The van der Waals surface area contributed by atoms with Crippen LogP contribution in [-0.4, -0.2) is 84.7 Å². The Morgan fingerprint density at radius 3 is 1.62 bits per heavy atom. The van der Waals surface area contributed by atoms with Crippen LogP contribution in [-0.2, 0) is 66.0 Å². The largest absolute Gasteiger partial charge is 0.489 e. The van der Waals surface area contributed by atoms with Crippen LogP contribution in [0.25, 0.3) is 11.1 Å². The molecule has 0 unspecified atom stereocenters. The van der Waals surface area contributed by atoms with E-state index in [0.29, 0.717) is 33.4 Å². The van der Waals surface area contributed by atoms with Crippen LogP contribution in [0.4, 0.5) is 36.3 Å². The maximum Gasteiger partial charge on any atom is 0.408 e. The predicted octanol–water partition coefficient (Wildman–Crippen LogP) is 8.84. The molecule has 0 saturated heterocycles. The van der Waals surface area contributed by atoms with Crippen LogP contribution in [0.1, 0.15) is 55.0 Å². The van der Waals surface area contributed by atoms with E-state index in [1.807, 2.05) is 0 Å². The molecule has 0 spiro atoms. The van der Waals surface area contributed by atoms with Gasteiger partial charge in [0.15, 0.2) is 0 Å². The lowest BCUT2D eigenvalue weighted by atomic mass is 9.95. The first-order chi connectivity index (χ1) is 38.2. The highest BCUT2D eigenvalue weighted by atomic mass is 19.2. The summed E-state index contributed by atoms with van der Waals surface area (Å²) in [6.45, 7) is 3.99. The Morgan fingerprint density at radius 2 is 1.05 bits per heavy atom. The van der Waals surface area contributed by atoms with Gasteiger partial charge in [-0.05, 0) is 71.8 Å². The van der Waals surface area contributed by atoms with Crippen LogP contribution in [0.2, 0.25) is 0 Å². The Morgan fingerprint density at radius 1 is 0.537 bits per heavy atom. The number of benzene rings is 6. The van der Waals surface area contributed by atoms with Crippen molar-refractivity contribution in [3.8, 4) is 22.6 Å². The number of ether oxygens (including phenoxy) is 6. The summed E-state index contributed by atoms with van der Waals surface area (Å²) in [5.74, 6) is -17.4. The van der Waals surface area contributed by atoms with Gasteiger partial charge in [0.05, 0.1) is 13.2 Å². The number of alkyl carbamates (subject to hydrolysis) is 3. The fourth-order valence-corrected chi connectivity index (χ4v) is 7.69. The summed E-state index contributed by atoms with van der Waals surface area (Å²) in [5, 5.41) is 20.6. The molecule has 6 aromatic rings. The molecule has 6 aromatic carbocycles. The van der Waals surface area contributed by atoms with Crippen molar-refractivity contribution in [3.05, 3.63) is 190 Å². The van der Waals surface area contributed by atoms with Gasteiger partial charge in [-0.25, -0.2) is 37.1 Å². The maximum absolute atomic E-state index is 14.9. The van der Waals surface area contributed by atoms with Gasteiger partial charge in [0.2, 0.25) is 40.7 Å². The van der Waals surface area contributed by atoms with Crippen LogP contribution in [0.5, 0.6) is 11.5 Å². The molecule has 4 atom stereocenters. The number of aliphatic hydroxyl groups excluding tert-OH is 1. The van der Waals surface area contributed by atoms with Crippen molar-refractivity contribution in [2.24, 2.45) is 0 Å². The third-order valence-electron chi connectivity index (χ3n) is 11.6. The molecular formula is C58H57F5N4O13. The number of carbonyl (C=O) groups excluding carboxylic acids is 6. The first kappa shape index (κ1) is 60.2. The van der Waals surface area contributed by atoms with Crippen LogP contribution >= 0.6 is 0 Å². The van der Waals surface area contributed by atoms with Gasteiger partial charge in [0, 0.05) is 25.8 Å².